The van der Waals surface area contributed by atoms with E-state index in [4.69, 9.17) is 14.2 Å². The number of rotatable bonds is 54. The lowest BCUT2D eigenvalue weighted by Crippen LogP contribution is -2.30. The summed E-state index contributed by atoms with van der Waals surface area (Å²) in [4.78, 5) is 37.8. The molecule has 0 heterocycles. The number of unbranched alkanes of at least 4 members (excludes halogenated alkanes) is 33. The van der Waals surface area contributed by atoms with Gasteiger partial charge in [0.05, 0.1) is 0 Å². The molecule has 0 spiro atoms. The normalized spacial score (nSPS) is 12.4. The van der Waals surface area contributed by atoms with Crippen LogP contribution in [0, 0.1) is 0 Å². The topological polar surface area (TPSA) is 78.9 Å². The van der Waals surface area contributed by atoms with E-state index in [9.17, 15) is 14.4 Å². The van der Waals surface area contributed by atoms with Gasteiger partial charge in [-0.15, -0.1) is 0 Å². The third-order valence-electron chi connectivity index (χ3n) is 13.0. The number of hydrogen-bond donors (Lipinski definition) is 0. The van der Waals surface area contributed by atoms with Crippen LogP contribution < -0.4 is 0 Å². The Morgan fingerprint density at radius 2 is 0.565 bits per heavy atom. The van der Waals surface area contributed by atoms with Gasteiger partial charge < -0.3 is 14.2 Å². The van der Waals surface area contributed by atoms with Crippen molar-refractivity contribution in [2.75, 3.05) is 13.2 Å². The van der Waals surface area contributed by atoms with Crippen molar-refractivity contribution in [2.45, 2.75) is 309 Å². The third-order valence-corrected chi connectivity index (χ3v) is 13.0. The Morgan fingerprint density at radius 1 is 0.304 bits per heavy atom. The summed E-state index contributed by atoms with van der Waals surface area (Å²) in [5, 5.41) is 0. The molecule has 69 heavy (non-hydrogen) atoms. The van der Waals surface area contributed by atoms with E-state index >= 15 is 0 Å². The SMILES string of the molecule is CC/C=C\C/C=C\C/C=C\CCCCCCCC(=O)OC(COC(=O)CCCCCCC)COC(=O)CCCCCCCCCCCCCCCCCCCCC/C=C\C/C=C\CCCCCCC. The molecule has 1 unspecified atom stereocenters. The van der Waals surface area contributed by atoms with Gasteiger partial charge in [0.25, 0.3) is 0 Å². The van der Waals surface area contributed by atoms with Crippen molar-refractivity contribution in [3.8, 4) is 0 Å². The molecule has 0 N–H and O–H groups in total. The maximum atomic E-state index is 12.7. The van der Waals surface area contributed by atoms with Crippen molar-refractivity contribution in [2.24, 2.45) is 0 Å². The standard InChI is InChI=1S/C63H112O6/c1-4-7-10-13-15-17-19-21-23-24-25-26-27-28-29-30-31-32-33-34-35-36-37-38-40-41-43-45-47-50-53-56-62(65)68-59-60(58-67-61(64)55-52-49-12-9-6-3)69-63(66)57-54-51-48-46-44-42-39-22-20-18-16-14-11-8-5-2/h8,11,16,18-19,21-22,24-25,39,60H,4-7,9-10,12-15,17,20,23,26-38,40-59H2,1-3H3/b11-8-,18-16-,21-19-,25-24-,39-22-. The zero-order valence-corrected chi connectivity index (χ0v) is 45.8. The van der Waals surface area contributed by atoms with Crippen LogP contribution in [0.3, 0.4) is 0 Å². The summed E-state index contributed by atoms with van der Waals surface area (Å²) in [6.45, 7) is 6.44. The maximum absolute atomic E-state index is 12.7. The number of carbonyl (C=O) groups is 3. The first-order chi connectivity index (χ1) is 34.0. The molecule has 0 aliphatic heterocycles. The van der Waals surface area contributed by atoms with Crippen molar-refractivity contribution in [1.82, 2.24) is 0 Å². The highest BCUT2D eigenvalue weighted by atomic mass is 16.6. The number of ether oxygens (including phenoxy) is 3. The summed E-state index contributed by atoms with van der Waals surface area (Å²) in [5.74, 6) is -0.901. The van der Waals surface area contributed by atoms with E-state index in [-0.39, 0.29) is 31.1 Å². The maximum Gasteiger partial charge on any atom is 0.306 e. The van der Waals surface area contributed by atoms with Gasteiger partial charge in [-0.1, -0.05) is 261 Å². The molecule has 400 valence electrons. The quantitative estimate of drug-likeness (QED) is 0.0262. The van der Waals surface area contributed by atoms with Gasteiger partial charge in [-0.2, -0.15) is 0 Å². The second kappa shape index (κ2) is 57.7. The molecule has 0 rings (SSSR count). The second-order valence-electron chi connectivity index (χ2n) is 19.9. The van der Waals surface area contributed by atoms with Gasteiger partial charge in [0.2, 0.25) is 0 Å². The van der Waals surface area contributed by atoms with Crippen molar-refractivity contribution >= 4 is 17.9 Å². The summed E-state index contributed by atoms with van der Waals surface area (Å²) in [7, 11) is 0. The van der Waals surface area contributed by atoms with Crippen LogP contribution in [0.4, 0.5) is 0 Å². The minimum Gasteiger partial charge on any atom is -0.462 e. The van der Waals surface area contributed by atoms with E-state index in [0.29, 0.717) is 19.3 Å². The summed E-state index contributed by atoms with van der Waals surface area (Å²) in [6.07, 6.45) is 72.8. The first-order valence-corrected chi connectivity index (χ1v) is 29.8. The van der Waals surface area contributed by atoms with E-state index in [1.165, 1.54) is 154 Å². The number of hydrogen-bond acceptors (Lipinski definition) is 6. The molecule has 0 radical (unpaired) electrons. The van der Waals surface area contributed by atoms with Gasteiger partial charge in [0, 0.05) is 19.3 Å². The first kappa shape index (κ1) is 66.1. The smallest absolute Gasteiger partial charge is 0.306 e. The molecular formula is C63H112O6. The molecule has 0 saturated heterocycles. The zero-order chi connectivity index (χ0) is 50.0. The first-order valence-electron chi connectivity index (χ1n) is 29.8. The van der Waals surface area contributed by atoms with E-state index in [1.54, 1.807) is 0 Å². The molecule has 0 aromatic rings. The van der Waals surface area contributed by atoms with Crippen molar-refractivity contribution < 1.29 is 28.6 Å². The largest absolute Gasteiger partial charge is 0.462 e. The molecule has 0 bridgehead atoms. The van der Waals surface area contributed by atoms with Gasteiger partial charge in [-0.3, -0.25) is 14.4 Å². The molecule has 6 nitrogen and oxygen atoms in total. The highest BCUT2D eigenvalue weighted by Gasteiger charge is 2.19. The highest BCUT2D eigenvalue weighted by Crippen LogP contribution is 2.17. The third kappa shape index (κ3) is 55.9. The lowest BCUT2D eigenvalue weighted by atomic mass is 10.0. The Kier molecular flexibility index (Phi) is 55.3. The Hall–Kier alpha value is -2.89. The fourth-order valence-corrected chi connectivity index (χ4v) is 8.55. The lowest BCUT2D eigenvalue weighted by Gasteiger charge is -2.18. The zero-order valence-electron chi connectivity index (χ0n) is 45.8. The van der Waals surface area contributed by atoms with Crippen LogP contribution >= 0.6 is 0 Å². The van der Waals surface area contributed by atoms with Crippen molar-refractivity contribution in [1.29, 1.82) is 0 Å². The minimum absolute atomic E-state index is 0.0790. The van der Waals surface area contributed by atoms with Crippen LogP contribution in [0.15, 0.2) is 60.8 Å². The number of allylic oxidation sites excluding steroid dienone is 10. The average molecular weight is 966 g/mol. The lowest BCUT2D eigenvalue weighted by molar-refractivity contribution is -0.167. The molecule has 0 aromatic carbocycles. The molecule has 0 saturated carbocycles. The van der Waals surface area contributed by atoms with E-state index in [2.05, 4.69) is 81.5 Å². The number of esters is 3. The fraction of sp³-hybridized carbons (Fsp3) is 0.794. The Balaban J connectivity index is 3.94. The van der Waals surface area contributed by atoms with Gasteiger partial charge in [-0.05, 0) is 83.5 Å². The van der Waals surface area contributed by atoms with Gasteiger partial charge in [0.15, 0.2) is 6.10 Å². The van der Waals surface area contributed by atoms with Crippen LogP contribution in [0.25, 0.3) is 0 Å². The predicted molar refractivity (Wildman–Crippen MR) is 298 cm³/mol. The number of carbonyl (C=O) groups excluding carboxylic acids is 3. The van der Waals surface area contributed by atoms with Gasteiger partial charge in [0.1, 0.15) is 13.2 Å². The second-order valence-corrected chi connectivity index (χ2v) is 19.9. The fourth-order valence-electron chi connectivity index (χ4n) is 8.55. The van der Waals surface area contributed by atoms with Crippen molar-refractivity contribution in [3.63, 3.8) is 0 Å². The summed E-state index contributed by atoms with van der Waals surface area (Å²) in [5.41, 5.74) is 0. The van der Waals surface area contributed by atoms with E-state index in [1.807, 2.05) is 0 Å². The highest BCUT2D eigenvalue weighted by molar-refractivity contribution is 5.71. The summed E-state index contributed by atoms with van der Waals surface area (Å²) in [6, 6.07) is 0. The Labute approximate surface area is 428 Å². The van der Waals surface area contributed by atoms with Gasteiger partial charge >= 0.3 is 17.9 Å². The van der Waals surface area contributed by atoms with E-state index < -0.39 is 6.10 Å². The summed E-state index contributed by atoms with van der Waals surface area (Å²) >= 11 is 0. The average Bonchev–Trinajstić information content (AvgIpc) is 3.35. The Bertz CT molecular complexity index is 1250. The van der Waals surface area contributed by atoms with Crippen LogP contribution in [0.1, 0.15) is 303 Å². The monoisotopic (exact) mass is 965 g/mol. The molecule has 0 aliphatic rings. The van der Waals surface area contributed by atoms with Gasteiger partial charge in [-0.25, -0.2) is 0 Å². The minimum atomic E-state index is -0.777. The molecule has 0 aliphatic carbocycles. The van der Waals surface area contributed by atoms with Crippen LogP contribution in [-0.2, 0) is 28.6 Å². The molecule has 6 heteroatoms. The Morgan fingerprint density at radius 3 is 0.884 bits per heavy atom. The summed E-state index contributed by atoms with van der Waals surface area (Å²) < 4.78 is 16.7. The van der Waals surface area contributed by atoms with Crippen LogP contribution in [0.2, 0.25) is 0 Å². The molecule has 0 aromatic heterocycles. The molecule has 0 fully saturated rings. The van der Waals surface area contributed by atoms with Crippen molar-refractivity contribution in [3.05, 3.63) is 60.8 Å². The molecule has 1 atom stereocenters. The molecular weight excluding hydrogens is 853 g/mol. The predicted octanol–water partition coefficient (Wildman–Crippen LogP) is 20.0. The van der Waals surface area contributed by atoms with Crippen LogP contribution in [0.5, 0.6) is 0 Å². The molecule has 0 amide bonds. The van der Waals surface area contributed by atoms with E-state index in [0.717, 1.165) is 109 Å². The van der Waals surface area contributed by atoms with Crippen LogP contribution in [-0.4, -0.2) is 37.2 Å².